The second kappa shape index (κ2) is 24.4. The minimum Gasteiger partial charge on any atom is -0.458 e. The molecule has 23 heteroatoms. The van der Waals surface area contributed by atoms with Gasteiger partial charge in [0.1, 0.15) is 31.8 Å². The number of hydrogen-bond donors (Lipinski definition) is 6. The maximum atomic E-state index is 15.6. The van der Waals surface area contributed by atoms with Gasteiger partial charge >= 0.3 is 5.97 Å². The van der Waals surface area contributed by atoms with Gasteiger partial charge in [0.25, 0.3) is 17.4 Å². The van der Waals surface area contributed by atoms with Crippen LogP contribution in [0.25, 0.3) is 22.3 Å². The van der Waals surface area contributed by atoms with E-state index in [9.17, 15) is 53.1 Å². The van der Waals surface area contributed by atoms with Crippen LogP contribution in [0.4, 0.5) is 4.39 Å². The van der Waals surface area contributed by atoms with E-state index in [1.54, 1.807) is 55.1 Å². The first-order valence-electron chi connectivity index (χ1n) is 26.1. The second-order valence-electron chi connectivity index (χ2n) is 19.6. The number of aliphatic hydroxyl groups is 1. The molecule has 0 saturated heterocycles. The fourth-order valence-corrected chi connectivity index (χ4v) is 10.4. The molecule has 0 radical (unpaired) electrons. The van der Waals surface area contributed by atoms with E-state index in [2.05, 4.69) is 26.6 Å². The third-order valence-electron chi connectivity index (χ3n) is 14.5. The third kappa shape index (κ3) is 12.0. The monoisotopic (exact) mass is 1080 g/mol. The van der Waals surface area contributed by atoms with Crippen molar-refractivity contribution >= 4 is 64.1 Å². The van der Waals surface area contributed by atoms with Gasteiger partial charge in [0.2, 0.25) is 35.4 Å². The van der Waals surface area contributed by atoms with Crippen molar-refractivity contribution in [2.45, 2.75) is 109 Å². The fourth-order valence-electron chi connectivity index (χ4n) is 10.4. The molecular weight excluding hydrogens is 1010 g/mol. The molecular formula is C55H62FN9O13. The molecule has 3 aliphatic heterocycles. The van der Waals surface area contributed by atoms with Gasteiger partial charge in [-0.15, -0.1) is 0 Å². The Balaban J connectivity index is 0.840. The molecule has 6 N–H and O–H groups in total. The summed E-state index contributed by atoms with van der Waals surface area (Å²) < 4.78 is 28.0. The van der Waals surface area contributed by atoms with Gasteiger partial charge in [-0.25, -0.2) is 14.2 Å². The van der Waals surface area contributed by atoms with E-state index in [1.807, 2.05) is 6.92 Å². The Morgan fingerprint density at radius 3 is 2.32 bits per heavy atom. The van der Waals surface area contributed by atoms with Crippen LogP contribution in [0.3, 0.4) is 0 Å². The summed E-state index contributed by atoms with van der Waals surface area (Å²) >= 11 is 0. The summed E-state index contributed by atoms with van der Waals surface area (Å²) in [5, 5.41) is 24.6. The number of halogens is 1. The number of carbonyl (C=O) groups excluding carboxylic acids is 9. The molecule has 4 aromatic rings. The molecule has 4 aliphatic rings. The molecule has 3 atom stereocenters. The van der Waals surface area contributed by atoms with Crippen LogP contribution in [0.1, 0.15) is 104 Å². The highest BCUT2D eigenvalue weighted by atomic mass is 19.1. The number of unbranched alkanes of at least 4 members (excludes halogenated alkanes) is 2. The molecule has 8 rings (SSSR count). The Labute approximate surface area is 447 Å². The predicted molar refractivity (Wildman–Crippen MR) is 277 cm³/mol. The average molecular weight is 1080 g/mol. The summed E-state index contributed by atoms with van der Waals surface area (Å²) in [7, 11) is 0. The van der Waals surface area contributed by atoms with Gasteiger partial charge in [0, 0.05) is 60.7 Å². The Morgan fingerprint density at radius 1 is 0.885 bits per heavy atom. The molecule has 1 aliphatic carbocycles. The number of nitrogens with zero attached hydrogens (tertiary/aromatic N) is 4. The number of nitrogens with one attached hydrogen (secondary N) is 5. The van der Waals surface area contributed by atoms with E-state index in [1.165, 1.54) is 22.8 Å². The van der Waals surface area contributed by atoms with Gasteiger partial charge in [-0.3, -0.25) is 48.1 Å². The van der Waals surface area contributed by atoms with Crippen LogP contribution >= 0.6 is 0 Å². The molecule has 5 heterocycles. The first-order valence-corrected chi connectivity index (χ1v) is 26.1. The lowest BCUT2D eigenvalue weighted by atomic mass is 9.81. The SMILES string of the molecule is CCCN(C(=O)COCNC(=O)CNC(=O)[C@H](Cc1ccccc1)NC(=O)CNC(=O)CNC(=O)CCCCCN1C(=O)C=CC1=O)[C@H]1CCc2c(C)c(F)cc3nc4c(c1c23)Cn1c-4cc2c(c1=O)COC(=O)[C@]2(O)CC. The number of fused-ring (bicyclic) bond motifs is 5. The lowest BCUT2D eigenvalue weighted by Crippen LogP contribution is -2.52. The summed E-state index contributed by atoms with van der Waals surface area (Å²) in [6.45, 7) is 3.20. The van der Waals surface area contributed by atoms with E-state index in [0.717, 1.165) is 10.5 Å². The number of cyclic esters (lactones) is 1. The minimum atomic E-state index is -2.06. The number of pyridine rings is 2. The van der Waals surface area contributed by atoms with Gasteiger partial charge < -0.3 is 50.6 Å². The molecule has 0 unspecified atom stereocenters. The molecule has 0 spiro atoms. The van der Waals surface area contributed by atoms with Crippen LogP contribution in [0.15, 0.2) is 59.4 Å². The van der Waals surface area contributed by atoms with Crippen molar-refractivity contribution in [1.29, 1.82) is 0 Å². The van der Waals surface area contributed by atoms with Crippen LogP contribution < -0.4 is 32.1 Å². The maximum Gasteiger partial charge on any atom is 0.343 e. The molecule has 0 saturated carbocycles. The number of imide groups is 1. The Morgan fingerprint density at radius 2 is 1.59 bits per heavy atom. The molecule has 22 nitrogen and oxygen atoms in total. The van der Waals surface area contributed by atoms with Gasteiger partial charge in [-0.05, 0) is 73.8 Å². The number of ether oxygens (including phenoxy) is 2. The third-order valence-corrected chi connectivity index (χ3v) is 14.5. The van der Waals surface area contributed by atoms with Crippen molar-refractivity contribution in [2.75, 3.05) is 46.1 Å². The predicted octanol–water partition coefficient (Wildman–Crippen LogP) is 1.40. The van der Waals surface area contributed by atoms with E-state index >= 15 is 4.39 Å². The normalized spacial score (nSPS) is 17.2. The van der Waals surface area contributed by atoms with Crippen LogP contribution in [-0.2, 0) is 84.2 Å². The highest BCUT2D eigenvalue weighted by Gasteiger charge is 2.46. The van der Waals surface area contributed by atoms with Crippen molar-refractivity contribution in [3.63, 3.8) is 0 Å². The number of esters is 1. The van der Waals surface area contributed by atoms with Crippen molar-refractivity contribution in [1.82, 2.24) is 45.9 Å². The van der Waals surface area contributed by atoms with Gasteiger partial charge in [-0.1, -0.05) is 50.6 Å². The highest BCUT2D eigenvalue weighted by Crippen LogP contribution is 2.47. The quantitative estimate of drug-likeness (QED) is 0.0221. The number of aromatic nitrogens is 2. The summed E-state index contributed by atoms with van der Waals surface area (Å²) in [6, 6.07) is 9.98. The molecule has 0 fully saturated rings. The molecule has 8 amide bonds. The molecule has 2 aromatic carbocycles. The summed E-state index contributed by atoms with van der Waals surface area (Å²) in [5.41, 5.74) is 2.06. The number of amides is 8. The Bertz CT molecular complexity index is 3160. The smallest absolute Gasteiger partial charge is 0.343 e. The van der Waals surface area contributed by atoms with Crippen molar-refractivity contribution in [3.05, 3.63) is 110 Å². The van der Waals surface area contributed by atoms with E-state index in [-0.39, 0.29) is 61.9 Å². The van der Waals surface area contributed by atoms with Crippen LogP contribution in [0, 0.1) is 12.7 Å². The fraction of sp³-hybridized carbons (Fsp3) is 0.436. The molecule has 0 bridgehead atoms. The van der Waals surface area contributed by atoms with Gasteiger partial charge in [0.15, 0.2) is 5.60 Å². The average Bonchev–Trinajstić information content (AvgIpc) is 4.15. The Hall–Kier alpha value is -8.18. The van der Waals surface area contributed by atoms with Crippen LogP contribution in [0.5, 0.6) is 0 Å². The number of carbonyl (C=O) groups is 9. The second-order valence-corrected chi connectivity index (χ2v) is 19.6. The van der Waals surface area contributed by atoms with Crippen molar-refractivity contribution < 1.29 is 62.1 Å². The standard InChI is InChI=1S/C55H62FN9O13/c1-4-19-63(40-16-15-33-31(3)37(56)23-38-49(33)50(40)34-27-65-41(51(34)62-38)22-36-35(53(65)74)28-78-54(75)55(36,76)5-2)48(72)29-77-30-60-44(68)25-59-52(73)39(21-32-12-8-6-9-13-32)61-45(69)26-58-43(67)24-57-42(66)14-10-7-11-20-64-46(70)17-18-47(64)71/h6,8-9,12-13,17-18,22-23,39-40,76H,4-5,7,10-11,14-16,19-21,24-30H2,1-3H3,(H,57,66)(H,58,67)(H,59,73)(H,60,68)(H,61,69)/t39-,40-,55-/m0/s1. The van der Waals surface area contributed by atoms with Crippen LogP contribution in [0.2, 0.25) is 0 Å². The first kappa shape index (κ1) is 56.0. The summed E-state index contributed by atoms with van der Waals surface area (Å²) in [5.74, 6) is -5.61. The zero-order valence-corrected chi connectivity index (χ0v) is 43.6. The van der Waals surface area contributed by atoms with E-state index < -0.39 is 103 Å². The summed E-state index contributed by atoms with van der Waals surface area (Å²) in [4.78, 5) is 136. The zero-order valence-electron chi connectivity index (χ0n) is 43.6. The van der Waals surface area contributed by atoms with Gasteiger partial charge in [0.05, 0.1) is 54.7 Å². The van der Waals surface area contributed by atoms with Crippen molar-refractivity contribution in [3.8, 4) is 11.4 Å². The Kier molecular flexibility index (Phi) is 17.6. The van der Waals surface area contributed by atoms with Crippen molar-refractivity contribution in [2.24, 2.45) is 0 Å². The molecule has 2 aromatic heterocycles. The maximum absolute atomic E-state index is 15.6. The topological polar surface area (TPSA) is 294 Å². The van der Waals surface area contributed by atoms with E-state index in [4.69, 9.17) is 14.5 Å². The first-order chi connectivity index (χ1) is 37.4. The molecule has 78 heavy (non-hydrogen) atoms. The highest BCUT2D eigenvalue weighted by molar-refractivity contribution is 6.12. The zero-order chi connectivity index (χ0) is 55.8. The number of benzene rings is 2. The number of rotatable bonds is 24. The molecule has 412 valence electrons. The van der Waals surface area contributed by atoms with E-state index in [0.29, 0.717) is 89.6 Å². The number of hydrogen-bond acceptors (Lipinski definition) is 14. The van der Waals surface area contributed by atoms with Crippen LogP contribution in [-0.4, -0.2) is 130 Å². The minimum absolute atomic E-state index is 0.0379. The lowest BCUT2D eigenvalue weighted by molar-refractivity contribution is -0.172. The number of aryl methyl sites for hydroxylation is 1. The lowest BCUT2D eigenvalue weighted by Gasteiger charge is -2.37. The van der Waals surface area contributed by atoms with Gasteiger partial charge in [-0.2, -0.15) is 0 Å². The summed E-state index contributed by atoms with van der Waals surface area (Å²) in [6.07, 6.45) is 5.44. The largest absolute Gasteiger partial charge is 0.458 e.